The van der Waals surface area contributed by atoms with E-state index in [9.17, 15) is 4.79 Å². The molecule has 134 valence electrons. The van der Waals surface area contributed by atoms with Crippen LogP contribution in [0.1, 0.15) is 6.92 Å². The number of ether oxygens (including phenoxy) is 2. The molecule has 0 aliphatic heterocycles. The Morgan fingerprint density at radius 1 is 1.20 bits per heavy atom. The summed E-state index contributed by atoms with van der Waals surface area (Å²) in [6.45, 7) is 2.96. The summed E-state index contributed by atoms with van der Waals surface area (Å²) in [6, 6.07) is 14.2. The number of nitrogens with one attached hydrogen (secondary N) is 1. The van der Waals surface area contributed by atoms with Crippen LogP contribution in [-0.4, -0.2) is 44.2 Å². The van der Waals surface area contributed by atoms with Gasteiger partial charge in [0.1, 0.15) is 18.1 Å². The first kappa shape index (κ1) is 19.1. The fourth-order valence-corrected chi connectivity index (χ4v) is 2.31. The van der Waals surface area contributed by atoms with Crippen LogP contribution in [0.15, 0.2) is 48.5 Å². The van der Waals surface area contributed by atoms with Crippen LogP contribution in [0.25, 0.3) is 0 Å². The normalized spacial score (nSPS) is 11.9. The number of carbonyl (C=O) groups excluding carboxylic acids is 1. The monoisotopic (exact) mass is 362 g/mol. The highest BCUT2D eigenvalue weighted by Crippen LogP contribution is 2.17. The van der Waals surface area contributed by atoms with E-state index >= 15 is 0 Å². The van der Waals surface area contributed by atoms with E-state index in [0.29, 0.717) is 29.6 Å². The van der Waals surface area contributed by atoms with Gasteiger partial charge >= 0.3 is 0 Å². The molecule has 0 aliphatic carbocycles. The lowest BCUT2D eigenvalue weighted by atomic mass is 10.2. The standard InChI is InChI=1S/C19H23ClN2O3/c1-14(19(23)21-16-5-4-6-18(13-16)24-3)22(2)11-12-25-17-9-7-15(20)8-10-17/h4-10,13-14H,11-12H2,1-3H3,(H,21,23)/t14-/m0/s1. The van der Waals surface area contributed by atoms with Crippen molar-refractivity contribution in [2.24, 2.45) is 0 Å². The summed E-state index contributed by atoms with van der Waals surface area (Å²) < 4.78 is 10.8. The number of amides is 1. The van der Waals surface area contributed by atoms with E-state index in [-0.39, 0.29) is 11.9 Å². The molecule has 0 aromatic heterocycles. The van der Waals surface area contributed by atoms with Gasteiger partial charge in [0.05, 0.1) is 13.2 Å². The van der Waals surface area contributed by atoms with Crippen molar-refractivity contribution in [2.75, 3.05) is 32.6 Å². The number of hydrogen-bond donors (Lipinski definition) is 1. The largest absolute Gasteiger partial charge is 0.497 e. The lowest BCUT2D eigenvalue weighted by molar-refractivity contribution is -0.120. The third kappa shape index (κ3) is 5.96. The average Bonchev–Trinajstić information content (AvgIpc) is 2.62. The molecule has 0 saturated carbocycles. The molecule has 6 heteroatoms. The number of nitrogens with zero attached hydrogens (tertiary/aromatic N) is 1. The molecule has 0 saturated heterocycles. The fraction of sp³-hybridized carbons (Fsp3) is 0.316. The van der Waals surface area contributed by atoms with Crippen LogP contribution in [0, 0.1) is 0 Å². The summed E-state index contributed by atoms with van der Waals surface area (Å²) >= 11 is 5.84. The Labute approximate surface area is 153 Å². The molecule has 5 nitrogen and oxygen atoms in total. The molecular formula is C19H23ClN2O3. The first-order valence-electron chi connectivity index (χ1n) is 8.03. The molecular weight excluding hydrogens is 340 g/mol. The van der Waals surface area contributed by atoms with Crippen molar-refractivity contribution >= 4 is 23.2 Å². The van der Waals surface area contributed by atoms with Gasteiger partial charge in [-0.3, -0.25) is 9.69 Å². The van der Waals surface area contributed by atoms with E-state index in [1.54, 1.807) is 25.3 Å². The SMILES string of the molecule is COc1cccc(NC(=O)[C@H](C)N(C)CCOc2ccc(Cl)cc2)c1. The molecule has 2 aromatic carbocycles. The summed E-state index contributed by atoms with van der Waals surface area (Å²) in [6.07, 6.45) is 0. The van der Waals surface area contributed by atoms with Crippen molar-refractivity contribution in [3.8, 4) is 11.5 Å². The van der Waals surface area contributed by atoms with Crippen molar-refractivity contribution in [3.05, 3.63) is 53.6 Å². The number of benzene rings is 2. The van der Waals surface area contributed by atoms with Gasteiger partial charge in [-0.25, -0.2) is 0 Å². The third-order valence-electron chi connectivity index (χ3n) is 3.90. The Morgan fingerprint density at radius 2 is 1.92 bits per heavy atom. The quantitative estimate of drug-likeness (QED) is 0.778. The van der Waals surface area contributed by atoms with Crippen LogP contribution in [0.4, 0.5) is 5.69 Å². The maximum atomic E-state index is 12.4. The molecule has 0 spiro atoms. The van der Waals surface area contributed by atoms with Crippen molar-refractivity contribution in [3.63, 3.8) is 0 Å². The van der Waals surface area contributed by atoms with Gasteiger partial charge in [-0.1, -0.05) is 17.7 Å². The maximum Gasteiger partial charge on any atom is 0.241 e. The number of hydrogen-bond acceptors (Lipinski definition) is 4. The number of likely N-dealkylation sites (N-methyl/N-ethyl adjacent to an activating group) is 1. The fourth-order valence-electron chi connectivity index (χ4n) is 2.18. The Kier molecular flexibility index (Phi) is 7.10. The van der Waals surface area contributed by atoms with Crippen molar-refractivity contribution < 1.29 is 14.3 Å². The van der Waals surface area contributed by atoms with Crippen molar-refractivity contribution in [2.45, 2.75) is 13.0 Å². The zero-order chi connectivity index (χ0) is 18.2. The number of halogens is 1. The lowest BCUT2D eigenvalue weighted by Crippen LogP contribution is -2.41. The van der Waals surface area contributed by atoms with E-state index in [1.807, 2.05) is 49.2 Å². The van der Waals surface area contributed by atoms with Crippen LogP contribution in [0.3, 0.4) is 0 Å². The van der Waals surface area contributed by atoms with Gasteiger partial charge in [0, 0.05) is 23.3 Å². The molecule has 25 heavy (non-hydrogen) atoms. The van der Waals surface area contributed by atoms with Gasteiger partial charge < -0.3 is 14.8 Å². The first-order valence-corrected chi connectivity index (χ1v) is 8.41. The molecule has 2 rings (SSSR count). The molecule has 2 aromatic rings. The van der Waals surface area contributed by atoms with Crippen molar-refractivity contribution in [1.29, 1.82) is 0 Å². The lowest BCUT2D eigenvalue weighted by Gasteiger charge is -2.24. The number of anilines is 1. The van der Waals surface area contributed by atoms with Gasteiger partial charge in [-0.15, -0.1) is 0 Å². The Bertz CT molecular complexity index is 691. The molecule has 0 unspecified atom stereocenters. The highest BCUT2D eigenvalue weighted by Gasteiger charge is 2.18. The minimum Gasteiger partial charge on any atom is -0.497 e. The number of carbonyl (C=O) groups is 1. The maximum absolute atomic E-state index is 12.4. The third-order valence-corrected chi connectivity index (χ3v) is 4.16. The topological polar surface area (TPSA) is 50.8 Å². The Balaban J connectivity index is 1.80. The molecule has 0 bridgehead atoms. The Morgan fingerprint density at radius 3 is 2.60 bits per heavy atom. The van der Waals surface area contributed by atoms with Crippen LogP contribution >= 0.6 is 11.6 Å². The van der Waals surface area contributed by atoms with Crippen LogP contribution in [-0.2, 0) is 4.79 Å². The predicted molar refractivity (Wildman–Crippen MR) is 101 cm³/mol. The molecule has 0 radical (unpaired) electrons. The second kappa shape index (κ2) is 9.30. The molecule has 0 aliphatic rings. The summed E-state index contributed by atoms with van der Waals surface area (Å²) in [7, 11) is 3.49. The number of methoxy groups -OCH3 is 1. The summed E-state index contributed by atoms with van der Waals surface area (Å²) in [4.78, 5) is 14.3. The smallest absolute Gasteiger partial charge is 0.241 e. The molecule has 1 N–H and O–H groups in total. The van der Waals surface area contributed by atoms with Gasteiger partial charge in [-0.2, -0.15) is 0 Å². The minimum atomic E-state index is -0.292. The molecule has 1 atom stereocenters. The summed E-state index contributed by atoms with van der Waals surface area (Å²) in [5.74, 6) is 1.38. The van der Waals surface area contributed by atoms with E-state index < -0.39 is 0 Å². The zero-order valence-electron chi connectivity index (χ0n) is 14.7. The Hall–Kier alpha value is -2.24. The second-order valence-corrected chi connectivity index (χ2v) is 6.12. The van der Waals surface area contributed by atoms with Crippen LogP contribution in [0.5, 0.6) is 11.5 Å². The van der Waals surface area contributed by atoms with E-state index in [0.717, 1.165) is 5.75 Å². The van der Waals surface area contributed by atoms with Crippen LogP contribution < -0.4 is 14.8 Å². The van der Waals surface area contributed by atoms with Gasteiger partial charge in [0.15, 0.2) is 0 Å². The highest BCUT2D eigenvalue weighted by atomic mass is 35.5. The van der Waals surface area contributed by atoms with Crippen LogP contribution in [0.2, 0.25) is 5.02 Å². The molecule has 0 heterocycles. The second-order valence-electron chi connectivity index (χ2n) is 5.68. The van der Waals surface area contributed by atoms with E-state index in [2.05, 4.69) is 5.32 Å². The summed E-state index contributed by atoms with van der Waals surface area (Å²) in [5, 5.41) is 3.57. The average molecular weight is 363 g/mol. The summed E-state index contributed by atoms with van der Waals surface area (Å²) in [5.41, 5.74) is 0.710. The predicted octanol–water partition coefficient (Wildman–Crippen LogP) is 3.69. The molecule has 0 fully saturated rings. The first-order chi connectivity index (χ1) is 12.0. The van der Waals surface area contributed by atoms with Gasteiger partial charge in [0.25, 0.3) is 0 Å². The van der Waals surface area contributed by atoms with Gasteiger partial charge in [0.2, 0.25) is 5.91 Å². The zero-order valence-corrected chi connectivity index (χ0v) is 15.4. The molecule has 1 amide bonds. The van der Waals surface area contributed by atoms with E-state index in [4.69, 9.17) is 21.1 Å². The minimum absolute atomic E-state index is 0.0813. The number of rotatable bonds is 8. The van der Waals surface area contributed by atoms with E-state index in [1.165, 1.54) is 0 Å². The van der Waals surface area contributed by atoms with Gasteiger partial charge in [-0.05, 0) is 50.4 Å². The highest BCUT2D eigenvalue weighted by molar-refractivity contribution is 6.30. The van der Waals surface area contributed by atoms with Crippen molar-refractivity contribution in [1.82, 2.24) is 4.90 Å².